The van der Waals surface area contributed by atoms with Crippen molar-refractivity contribution in [1.29, 1.82) is 0 Å². The maximum Gasteiger partial charge on any atom is 0.253 e. The highest BCUT2D eigenvalue weighted by Crippen LogP contribution is 2.23. The van der Waals surface area contributed by atoms with Crippen LogP contribution in [0.25, 0.3) is 5.78 Å². The second kappa shape index (κ2) is 8.85. The predicted octanol–water partition coefficient (Wildman–Crippen LogP) is 4.62. The van der Waals surface area contributed by atoms with Crippen LogP contribution < -0.4 is 5.32 Å². The van der Waals surface area contributed by atoms with Crippen LogP contribution in [0.15, 0.2) is 59.8 Å². The molecule has 0 atom stereocenters. The summed E-state index contributed by atoms with van der Waals surface area (Å²) in [7, 11) is 0. The van der Waals surface area contributed by atoms with E-state index in [4.69, 9.17) is 11.6 Å². The molecule has 8 heteroatoms. The van der Waals surface area contributed by atoms with Gasteiger partial charge in [-0.25, -0.2) is 9.50 Å². The number of hydrogen-bond acceptors (Lipinski definition) is 5. The molecular weight excluding hydrogens is 418 g/mol. The lowest BCUT2D eigenvalue weighted by atomic mass is 10.1. The van der Waals surface area contributed by atoms with E-state index in [-0.39, 0.29) is 5.91 Å². The van der Waals surface area contributed by atoms with Gasteiger partial charge in [-0.3, -0.25) is 4.79 Å². The molecule has 0 aliphatic rings. The van der Waals surface area contributed by atoms with Crippen LogP contribution in [0.4, 0.5) is 0 Å². The first-order chi connectivity index (χ1) is 14.5. The van der Waals surface area contributed by atoms with Crippen molar-refractivity contribution in [2.24, 2.45) is 0 Å². The first kappa shape index (κ1) is 20.4. The zero-order valence-electron chi connectivity index (χ0n) is 16.6. The van der Waals surface area contributed by atoms with Gasteiger partial charge in [0, 0.05) is 34.3 Å². The number of carbonyl (C=O) groups is 1. The van der Waals surface area contributed by atoms with Gasteiger partial charge < -0.3 is 5.32 Å². The van der Waals surface area contributed by atoms with Crippen LogP contribution in [-0.4, -0.2) is 25.5 Å². The summed E-state index contributed by atoms with van der Waals surface area (Å²) >= 11 is 7.50. The van der Waals surface area contributed by atoms with E-state index in [0.717, 1.165) is 22.5 Å². The van der Waals surface area contributed by atoms with E-state index in [1.807, 2.05) is 68.4 Å². The first-order valence-corrected chi connectivity index (χ1v) is 10.8. The molecule has 0 unspecified atom stereocenters. The molecule has 0 aliphatic carbocycles. The molecule has 0 aliphatic heterocycles. The lowest BCUT2D eigenvalue weighted by Gasteiger charge is -2.10. The van der Waals surface area contributed by atoms with Gasteiger partial charge in [-0.2, -0.15) is 4.98 Å². The summed E-state index contributed by atoms with van der Waals surface area (Å²) in [6.07, 6.45) is 0. The number of rotatable bonds is 6. The van der Waals surface area contributed by atoms with Crippen molar-refractivity contribution in [2.75, 3.05) is 0 Å². The van der Waals surface area contributed by atoms with Crippen molar-refractivity contribution >= 4 is 35.0 Å². The van der Waals surface area contributed by atoms with Crippen molar-refractivity contribution in [2.45, 2.75) is 31.3 Å². The lowest BCUT2D eigenvalue weighted by Crippen LogP contribution is -2.23. The zero-order chi connectivity index (χ0) is 21.1. The number of amides is 1. The number of nitrogens with zero attached hydrogens (tertiary/aromatic N) is 4. The average Bonchev–Trinajstić information content (AvgIpc) is 3.14. The minimum atomic E-state index is -0.123. The number of fused-ring (bicyclic) bond motifs is 1. The van der Waals surface area contributed by atoms with Crippen LogP contribution in [0, 0.1) is 13.8 Å². The lowest BCUT2D eigenvalue weighted by molar-refractivity contribution is 0.0950. The number of halogens is 1. The molecule has 1 N–H and O–H groups in total. The third-order valence-corrected chi connectivity index (χ3v) is 5.68. The van der Waals surface area contributed by atoms with Gasteiger partial charge in [0.05, 0.1) is 0 Å². The Morgan fingerprint density at radius 1 is 1.10 bits per heavy atom. The Kier molecular flexibility index (Phi) is 6.01. The van der Waals surface area contributed by atoms with E-state index >= 15 is 0 Å². The Morgan fingerprint density at radius 3 is 2.77 bits per heavy atom. The van der Waals surface area contributed by atoms with Crippen LogP contribution in [-0.2, 0) is 12.3 Å². The van der Waals surface area contributed by atoms with E-state index in [9.17, 15) is 4.79 Å². The molecule has 30 heavy (non-hydrogen) atoms. The Hall–Kier alpha value is -2.90. The summed E-state index contributed by atoms with van der Waals surface area (Å²) in [5.74, 6) is 1.04. The summed E-state index contributed by atoms with van der Waals surface area (Å²) in [5, 5.41) is 8.77. The molecule has 0 spiro atoms. The second-order valence-electron chi connectivity index (χ2n) is 6.90. The van der Waals surface area contributed by atoms with Gasteiger partial charge in [0.1, 0.15) is 0 Å². The largest absolute Gasteiger partial charge is 0.348 e. The molecule has 2 heterocycles. The molecule has 2 aromatic heterocycles. The monoisotopic (exact) mass is 437 g/mol. The van der Waals surface area contributed by atoms with Gasteiger partial charge in [0.15, 0.2) is 0 Å². The van der Waals surface area contributed by atoms with Gasteiger partial charge in [-0.1, -0.05) is 53.7 Å². The molecule has 0 bridgehead atoms. The summed E-state index contributed by atoms with van der Waals surface area (Å²) in [5.41, 5.74) is 4.41. The number of thioether (sulfide) groups is 1. The van der Waals surface area contributed by atoms with Crippen molar-refractivity contribution in [1.82, 2.24) is 24.9 Å². The molecule has 6 nitrogen and oxygen atoms in total. The van der Waals surface area contributed by atoms with Crippen molar-refractivity contribution in [3.8, 4) is 0 Å². The fraction of sp³-hybridized carbons (Fsp3) is 0.182. The molecule has 0 radical (unpaired) electrons. The van der Waals surface area contributed by atoms with E-state index in [2.05, 4.69) is 20.4 Å². The fourth-order valence-electron chi connectivity index (χ4n) is 3.14. The number of aromatic nitrogens is 4. The van der Waals surface area contributed by atoms with E-state index in [0.29, 0.717) is 33.8 Å². The SMILES string of the molecule is Cc1cc(C)n2nc(SCc3ccccc3C(=O)NCc3cccc(Cl)c3)nc2n1. The van der Waals surface area contributed by atoms with Gasteiger partial charge in [0.25, 0.3) is 11.7 Å². The van der Waals surface area contributed by atoms with Crippen molar-refractivity contribution < 1.29 is 4.79 Å². The first-order valence-electron chi connectivity index (χ1n) is 9.44. The maximum atomic E-state index is 12.8. The molecule has 4 rings (SSSR count). The zero-order valence-corrected chi connectivity index (χ0v) is 18.2. The van der Waals surface area contributed by atoms with E-state index in [1.165, 1.54) is 11.8 Å². The minimum absolute atomic E-state index is 0.123. The van der Waals surface area contributed by atoms with E-state index in [1.54, 1.807) is 4.52 Å². The van der Waals surface area contributed by atoms with Gasteiger partial charge in [0.2, 0.25) is 5.16 Å². The number of carbonyl (C=O) groups excluding carboxylic acids is 1. The molecule has 1 amide bonds. The topological polar surface area (TPSA) is 72.2 Å². The Labute approximate surface area is 183 Å². The number of hydrogen-bond donors (Lipinski definition) is 1. The third-order valence-electron chi connectivity index (χ3n) is 4.56. The summed E-state index contributed by atoms with van der Waals surface area (Å²) in [4.78, 5) is 21.7. The summed E-state index contributed by atoms with van der Waals surface area (Å²) < 4.78 is 1.74. The van der Waals surface area contributed by atoms with Gasteiger partial charge in [-0.15, -0.1) is 5.10 Å². The second-order valence-corrected chi connectivity index (χ2v) is 8.28. The number of aryl methyl sites for hydroxylation is 2. The number of benzene rings is 2. The molecular formula is C22H20ClN5OS. The molecule has 0 fully saturated rings. The summed E-state index contributed by atoms with van der Waals surface area (Å²) in [6.45, 7) is 4.33. The van der Waals surface area contributed by atoms with Gasteiger partial charge in [-0.05, 0) is 49.2 Å². The van der Waals surface area contributed by atoms with Crippen LogP contribution in [0.1, 0.15) is 32.9 Å². The third kappa shape index (κ3) is 4.63. The van der Waals surface area contributed by atoms with E-state index < -0.39 is 0 Å². The van der Waals surface area contributed by atoms with Crippen LogP contribution >= 0.6 is 23.4 Å². The normalized spacial score (nSPS) is 11.0. The maximum absolute atomic E-state index is 12.8. The van der Waals surface area contributed by atoms with Crippen molar-refractivity contribution in [3.63, 3.8) is 0 Å². The Bertz CT molecular complexity index is 1220. The average molecular weight is 438 g/mol. The standard InChI is InChI=1S/C22H20ClN5OS/c1-14-10-15(2)28-21(25-14)26-22(27-28)30-13-17-7-3-4-9-19(17)20(29)24-12-16-6-5-8-18(23)11-16/h3-11H,12-13H2,1-2H3,(H,24,29). The molecule has 152 valence electrons. The predicted molar refractivity (Wildman–Crippen MR) is 119 cm³/mol. The van der Waals surface area contributed by atoms with Crippen LogP contribution in [0.2, 0.25) is 5.02 Å². The molecule has 2 aromatic carbocycles. The fourth-order valence-corrected chi connectivity index (χ4v) is 4.18. The minimum Gasteiger partial charge on any atom is -0.348 e. The quantitative estimate of drug-likeness (QED) is 0.446. The molecule has 0 saturated heterocycles. The van der Waals surface area contributed by atoms with Crippen LogP contribution in [0.3, 0.4) is 0 Å². The summed E-state index contributed by atoms with van der Waals surface area (Å²) in [6, 6.07) is 17.0. The highest BCUT2D eigenvalue weighted by atomic mass is 35.5. The van der Waals surface area contributed by atoms with Crippen LogP contribution in [0.5, 0.6) is 0 Å². The highest BCUT2D eigenvalue weighted by molar-refractivity contribution is 7.98. The molecule has 4 aromatic rings. The smallest absolute Gasteiger partial charge is 0.253 e. The Balaban J connectivity index is 1.46. The Morgan fingerprint density at radius 2 is 1.93 bits per heavy atom. The van der Waals surface area contributed by atoms with Gasteiger partial charge >= 0.3 is 0 Å². The number of nitrogens with one attached hydrogen (secondary N) is 1. The highest BCUT2D eigenvalue weighted by Gasteiger charge is 2.13. The molecule has 0 saturated carbocycles. The van der Waals surface area contributed by atoms with Crippen molar-refractivity contribution in [3.05, 3.63) is 87.7 Å².